The van der Waals surface area contributed by atoms with Gasteiger partial charge in [-0.05, 0) is 47.0 Å². The highest BCUT2D eigenvalue weighted by Crippen LogP contribution is 2.46. The van der Waals surface area contributed by atoms with Gasteiger partial charge in [-0.2, -0.15) is 0 Å². The number of nitrogens with one attached hydrogen (secondary N) is 1. The van der Waals surface area contributed by atoms with Crippen molar-refractivity contribution < 1.29 is 19.1 Å². The maximum absolute atomic E-state index is 12.6. The van der Waals surface area contributed by atoms with Gasteiger partial charge in [-0.25, -0.2) is 0 Å². The summed E-state index contributed by atoms with van der Waals surface area (Å²) < 4.78 is 5.44. The predicted molar refractivity (Wildman–Crippen MR) is 86.5 cm³/mol. The minimum Gasteiger partial charge on any atom is -0.460 e. The van der Waals surface area contributed by atoms with Crippen molar-refractivity contribution >= 4 is 17.7 Å². The average Bonchev–Trinajstić information content (AvgIpc) is 2.92. The molecular weight excluding hydrogens is 294 g/mol. The standard InChI is InChI=1S/C18H27NO4/c1-6-12-10-18(12,11(2)20)19-15(21)13-8-7-9-14(13)16(22)23-17(3,4)5/h6,12-14H,1,7-10H2,2-5H3,(H,19,21)/t12?,13-,14-,18+/m1/s1. The van der Waals surface area contributed by atoms with Gasteiger partial charge in [-0.15, -0.1) is 6.58 Å². The van der Waals surface area contributed by atoms with Crippen LogP contribution in [0.25, 0.3) is 0 Å². The van der Waals surface area contributed by atoms with Crippen LogP contribution in [-0.2, 0) is 19.1 Å². The van der Waals surface area contributed by atoms with Crippen LogP contribution in [-0.4, -0.2) is 28.8 Å². The van der Waals surface area contributed by atoms with E-state index in [1.54, 1.807) is 6.08 Å². The fourth-order valence-electron chi connectivity index (χ4n) is 3.46. The normalized spacial score (nSPS) is 33.0. The molecule has 0 aromatic rings. The maximum Gasteiger partial charge on any atom is 0.310 e. The summed E-state index contributed by atoms with van der Waals surface area (Å²) in [5, 5.41) is 2.89. The number of ketones is 1. The van der Waals surface area contributed by atoms with Crippen molar-refractivity contribution in [1.29, 1.82) is 0 Å². The zero-order chi connectivity index (χ0) is 17.4. The number of hydrogen-bond donors (Lipinski definition) is 1. The third kappa shape index (κ3) is 3.65. The minimum absolute atomic E-state index is 0.00895. The fraction of sp³-hybridized carbons (Fsp3) is 0.722. The van der Waals surface area contributed by atoms with Crippen molar-refractivity contribution in [3.63, 3.8) is 0 Å². The smallest absolute Gasteiger partial charge is 0.310 e. The molecule has 128 valence electrons. The Morgan fingerprint density at radius 1 is 1.22 bits per heavy atom. The summed E-state index contributed by atoms with van der Waals surface area (Å²) in [5.74, 6) is -1.42. The van der Waals surface area contributed by atoms with E-state index in [9.17, 15) is 14.4 Å². The molecule has 5 heteroatoms. The van der Waals surface area contributed by atoms with Gasteiger partial charge in [0.2, 0.25) is 5.91 Å². The molecule has 0 aromatic heterocycles. The van der Waals surface area contributed by atoms with E-state index in [4.69, 9.17) is 4.74 Å². The molecule has 2 aliphatic carbocycles. The van der Waals surface area contributed by atoms with Crippen LogP contribution >= 0.6 is 0 Å². The summed E-state index contributed by atoms with van der Waals surface area (Å²) in [6.45, 7) is 10.7. The largest absolute Gasteiger partial charge is 0.460 e. The molecular formula is C18H27NO4. The number of esters is 1. The van der Waals surface area contributed by atoms with E-state index in [2.05, 4.69) is 11.9 Å². The van der Waals surface area contributed by atoms with Gasteiger partial charge in [0.25, 0.3) is 0 Å². The fourth-order valence-corrected chi connectivity index (χ4v) is 3.46. The molecule has 5 nitrogen and oxygen atoms in total. The second kappa shape index (κ2) is 6.10. The summed E-state index contributed by atoms with van der Waals surface area (Å²) in [6, 6.07) is 0. The first-order chi connectivity index (χ1) is 10.6. The van der Waals surface area contributed by atoms with Gasteiger partial charge in [-0.1, -0.05) is 12.5 Å². The van der Waals surface area contributed by atoms with Gasteiger partial charge in [0.1, 0.15) is 11.1 Å². The molecule has 1 unspecified atom stereocenters. The minimum atomic E-state index is -0.806. The van der Waals surface area contributed by atoms with Crippen LogP contribution in [0.4, 0.5) is 0 Å². The molecule has 0 spiro atoms. The van der Waals surface area contributed by atoms with Gasteiger partial charge in [0.05, 0.1) is 11.8 Å². The summed E-state index contributed by atoms with van der Waals surface area (Å²) in [4.78, 5) is 36.9. The SMILES string of the molecule is C=CC1C[C@]1(NC(=O)[C@@H]1CCC[C@H]1C(=O)OC(C)(C)C)C(C)=O. The topological polar surface area (TPSA) is 72.5 Å². The Morgan fingerprint density at radius 2 is 1.83 bits per heavy atom. The highest BCUT2D eigenvalue weighted by atomic mass is 16.6. The molecule has 0 aliphatic heterocycles. The van der Waals surface area contributed by atoms with Crippen molar-refractivity contribution in [2.75, 3.05) is 0 Å². The highest BCUT2D eigenvalue weighted by Gasteiger charge is 2.58. The van der Waals surface area contributed by atoms with E-state index in [0.717, 1.165) is 6.42 Å². The number of rotatable bonds is 5. The molecule has 2 aliphatic rings. The molecule has 2 fully saturated rings. The van der Waals surface area contributed by atoms with Crippen molar-refractivity contribution in [3.05, 3.63) is 12.7 Å². The van der Waals surface area contributed by atoms with Crippen molar-refractivity contribution in [2.45, 2.75) is 64.5 Å². The van der Waals surface area contributed by atoms with Crippen molar-refractivity contribution in [3.8, 4) is 0 Å². The van der Waals surface area contributed by atoms with Crippen LogP contribution in [0.5, 0.6) is 0 Å². The number of ether oxygens (including phenoxy) is 1. The lowest BCUT2D eigenvalue weighted by Gasteiger charge is -2.26. The first-order valence-electron chi connectivity index (χ1n) is 8.29. The van der Waals surface area contributed by atoms with Crippen LogP contribution < -0.4 is 5.32 Å². The number of amides is 1. The molecule has 2 saturated carbocycles. The molecule has 0 bridgehead atoms. The summed E-state index contributed by atoms with van der Waals surface area (Å²) in [6.07, 6.45) is 4.44. The molecule has 0 saturated heterocycles. The lowest BCUT2D eigenvalue weighted by atomic mass is 9.94. The summed E-state index contributed by atoms with van der Waals surface area (Å²) in [5.41, 5.74) is -1.37. The van der Waals surface area contributed by atoms with Crippen LogP contribution in [0, 0.1) is 17.8 Å². The third-order valence-electron chi connectivity index (χ3n) is 4.84. The summed E-state index contributed by atoms with van der Waals surface area (Å²) >= 11 is 0. The molecule has 23 heavy (non-hydrogen) atoms. The Morgan fingerprint density at radius 3 is 2.30 bits per heavy atom. The second-order valence-electron chi connectivity index (χ2n) is 7.74. The summed E-state index contributed by atoms with van der Waals surface area (Å²) in [7, 11) is 0. The monoisotopic (exact) mass is 321 g/mol. The zero-order valence-corrected chi connectivity index (χ0v) is 14.5. The van der Waals surface area contributed by atoms with Crippen LogP contribution in [0.1, 0.15) is 53.4 Å². The lowest BCUT2D eigenvalue weighted by Crippen LogP contribution is -2.48. The van der Waals surface area contributed by atoms with Crippen LogP contribution in [0.2, 0.25) is 0 Å². The van der Waals surface area contributed by atoms with E-state index in [0.29, 0.717) is 19.3 Å². The molecule has 1 amide bonds. The van der Waals surface area contributed by atoms with E-state index in [1.807, 2.05) is 20.8 Å². The Kier molecular flexibility index (Phi) is 4.69. The van der Waals surface area contributed by atoms with Crippen molar-refractivity contribution in [1.82, 2.24) is 5.32 Å². The molecule has 0 radical (unpaired) electrons. The number of carbonyl (C=O) groups is 3. The number of carbonyl (C=O) groups excluding carboxylic acids is 3. The molecule has 2 rings (SSSR count). The molecule has 4 atom stereocenters. The van der Waals surface area contributed by atoms with Gasteiger partial charge in [0, 0.05) is 5.92 Å². The Labute approximate surface area is 137 Å². The van der Waals surface area contributed by atoms with Crippen molar-refractivity contribution in [2.24, 2.45) is 17.8 Å². The maximum atomic E-state index is 12.6. The Balaban J connectivity index is 2.05. The zero-order valence-electron chi connectivity index (χ0n) is 14.5. The van der Waals surface area contributed by atoms with E-state index >= 15 is 0 Å². The lowest BCUT2D eigenvalue weighted by molar-refractivity contribution is -0.162. The van der Waals surface area contributed by atoms with Gasteiger partial charge >= 0.3 is 5.97 Å². The van der Waals surface area contributed by atoms with Gasteiger partial charge in [0.15, 0.2) is 5.78 Å². The first kappa shape index (κ1) is 17.7. The number of hydrogen-bond acceptors (Lipinski definition) is 4. The van der Waals surface area contributed by atoms with Gasteiger partial charge in [-0.3, -0.25) is 14.4 Å². The first-order valence-corrected chi connectivity index (χ1v) is 8.29. The average molecular weight is 321 g/mol. The van der Waals surface area contributed by atoms with E-state index in [-0.39, 0.29) is 23.6 Å². The molecule has 1 N–H and O–H groups in total. The van der Waals surface area contributed by atoms with Crippen LogP contribution in [0.15, 0.2) is 12.7 Å². The molecule has 0 aromatic carbocycles. The second-order valence-corrected chi connectivity index (χ2v) is 7.74. The highest BCUT2D eigenvalue weighted by molar-refractivity contribution is 5.96. The van der Waals surface area contributed by atoms with E-state index < -0.39 is 23.0 Å². The van der Waals surface area contributed by atoms with Crippen LogP contribution in [0.3, 0.4) is 0 Å². The Bertz CT molecular complexity index is 534. The quantitative estimate of drug-likeness (QED) is 0.623. The Hall–Kier alpha value is -1.65. The van der Waals surface area contributed by atoms with E-state index in [1.165, 1.54) is 6.92 Å². The van der Waals surface area contributed by atoms with Gasteiger partial charge < -0.3 is 10.1 Å². The third-order valence-corrected chi connectivity index (χ3v) is 4.84. The predicted octanol–water partition coefficient (Wildman–Crippen LogP) is 2.39. The molecule has 0 heterocycles. The number of Topliss-reactive ketones (excluding diaryl/α,β-unsaturated/α-hetero) is 1.